The van der Waals surface area contributed by atoms with Gasteiger partial charge in [0.1, 0.15) is 17.7 Å². The molecule has 4 heteroatoms. The Bertz CT molecular complexity index is 541. The molecule has 0 radical (unpaired) electrons. The van der Waals surface area contributed by atoms with Crippen molar-refractivity contribution in [3.05, 3.63) is 64.4 Å². The summed E-state index contributed by atoms with van der Waals surface area (Å²) in [5, 5.41) is 0. The zero-order valence-electron chi connectivity index (χ0n) is 11.2. The minimum atomic E-state index is -0.290. The lowest BCUT2D eigenvalue weighted by molar-refractivity contribution is 0.171. The molecule has 0 saturated heterocycles. The third-order valence-electron chi connectivity index (χ3n) is 3.14. The largest absolute Gasteiger partial charge is 0.484 e. The highest BCUT2D eigenvalue weighted by Gasteiger charge is 2.20. The third-order valence-corrected chi connectivity index (χ3v) is 3.66. The van der Waals surface area contributed by atoms with Crippen LogP contribution in [0.1, 0.15) is 25.0 Å². The maximum atomic E-state index is 13.0. The van der Waals surface area contributed by atoms with E-state index in [1.165, 1.54) is 12.1 Å². The molecule has 2 nitrogen and oxygen atoms in total. The normalized spacial score (nSPS) is 13.8. The second-order valence-electron chi connectivity index (χ2n) is 4.62. The van der Waals surface area contributed by atoms with E-state index < -0.39 is 0 Å². The Morgan fingerprint density at radius 2 is 1.70 bits per heavy atom. The molecule has 0 saturated carbocycles. The molecular formula is C16H17BrFNO. The van der Waals surface area contributed by atoms with Crippen LogP contribution in [0.3, 0.4) is 0 Å². The van der Waals surface area contributed by atoms with E-state index in [0.29, 0.717) is 0 Å². The van der Waals surface area contributed by atoms with Crippen LogP contribution in [0, 0.1) is 5.82 Å². The summed E-state index contributed by atoms with van der Waals surface area (Å²) in [6, 6.07) is 13.7. The average Bonchev–Trinajstić information content (AvgIpc) is 2.47. The molecule has 0 aliphatic rings. The minimum Gasteiger partial charge on any atom is -0.484 e. The molecule has 0 aromatic heterocycles. The predicted molar refractivity (Wildman–Crippen MR) is 82.2 cm³/mol. The van der Waals surface area contributed by atoms with Gasteiger partial charge in [0.15, 0.2) is 0 Å². The van der Waals surface area contributed by atoms with Crippen molar-refractivity contribution >= 4 is 15.9 Å². The molecule has 2 aromatic carbocycles. The Labute approximate surface area is 126 Å². The fraction of sp³-hybridized carbons (Fsp3) is 0.250. The second kappa shape index (κ2) is 6.86. The molecule has 0 amide bonds. The van der Waals surface area contributed by atoms with Crippen molar-refractivity contribution in [2.75, 3.05) is 0 Å². The lowest BCUT2D eigenvalue weighted by Crippen LogP contribution is -2.31. The molecule has 0 aliphatic carbocycles. The molecule has 0 aliphatic heterocycles. The molecule has 0 bridgehead atoms. The lowest BCUT2D eigenvalue weighted by Gasteiger charge is -2.24. The smallest absolute Gasteiger partial charge is 0.139 e. The van der Waals surface area contributed by atoms with E-state index in [0.717, 1.165) is 22.2 Å². The number of halogens is 2. The van der Waals surface area contributed by atoms with Gasteiger partial charge >= 0.3 is 0 Å². The monoisotopic (exact) mass is 337 g/mol. The van der Waals surface area contributed by atoms with Crippen molar-refractivity contribution in [3.8, 4) is 5.75 Å². The Balaban J connectivity index is 2.23. The topological polar surface area (TPSA) is 35.2 Å². The van der Waals surface area contributed by atoms with Gasteiger partial charge in [0, 0.05) is 10.5 Å². The van der Waals surface area contributed by atoms with Crippen LogP contribution < -0.4 is 10.5 Å². The standard InChI is InChI=1S/C16H17BrFNO/c1-2-15(19)16(11-3-7-13(18)8-4-11)20-14-9-5-12(17)6-10-14/h3-10,15-16H,2,19H2,1H3. The molecule has 20 heavy (non-hydrogen) atoms. The highest BCUT2D eigenvalue weighted by atomic mass is 79.9. The van der Waals surface area contributed by atoms with Gasteiger partial charge in [-0.25, -0.2) is 4.39 Å². The fourth-order valence-electron chi connectivity index (χ4n) is 1.93. The van der Waals surface area contributed by atoms with E-state index in [1.807, 2.05) is 31.2 Å². The lowest BCUT2D eigenvalue weighted by atomic mass is 10.0. The van der Waals surface area contributed by atoms with Crippen LogP contribution in [-0.4, -0.2) is 6.04 Å². The van der Waals surface area contributed by atoms with Crippen LogP contribution in [0.15, 0.2) is 53.0 Å². The van der Waals surface area contributed by atoms with Crippen LogP contribution in [0.25, 0.3) is 0 Å². The molecule has 0 heterocycles. The molecule has 0 spiro atoms. The van der Waals surface area contributed by atoms with Crippen molar-refractivity contribution in [1.29, 1.82) is 0 Å². The van der Waals surface area contributed by atoms with E-state index in [9.17, 15) is 4.39 Å². The summed E-state index contributed by atoms with van der Waals surface area (Å²) in [5.74, 6) is 0.479. The maximum Gasteiger partial charge on any atom is 0.139 e. The first kappa shape index (κ1) is 15.0. The van der Waals surface area contributed by atoms with Gasteiger partial charge in [-0.05, 0) is 48.4 Å². The van der Waals surface area contributed by atoms with Gasteiger partial charge in [0.2, 0.25) is 0 Å². The summed E-state index contributed by atoms with van der Waals surface area (Å²) in [5.41, 5.74) is 7.02. The first-order chi connectivity index (χ1) is 9.60. The Morgan fingerprint density at radius 3 is 2.25 bits per heavy atom. The first-order valence-corrected chi connectivity index (χ1v) is 7.32. The highest BCUT2D eigenvalue weighted by molar-refractivity contribution is 9.10. The van der Waals surface area contributed by atoms with Crippen LogP contribution in [-0.2, 0) is 0 Å². The number of rotatable bonds is 5. The number of ether oxygens (including phenoxy) is 1. The van der Waals surface area contributed by atoms with Gasteiger partial charge in [0.25, 0.3) is 0 Å². The van der Waals surface area contributed by atoms with E-state index in [-0.39, 0.29) is 18.0 Å². The molecule has 106 valence electrons. The van der Waals surface area contributed by atoms with Crippen molar-refractivity contribution in [1.82, 2.24) is 0 Å². The van der Waals surface area contributed by atoms with Gasteiger partial charge in [-0.3, -0.25) is 0 Å². The van der Waals surface area contributed by atoms with Crippen molar-refractivity contribution in [2.24, 2.45) is 5.73 Å². The van der Waals surface area contributed by atoms with Crippen molar-refractivity contribution in [3.63, 3.8) is 0 Å². The molecule has 2 atom stereocenters. The molecule has 2 aromatic rings. The summed E-state index contributed by atoms with van der Waals surface area (Å²) >= 11 is 3.39. The number of nitrogens with two attached hydrogens (primary N) is 1. The van der Waals surface area contributed by atoms with E-state index >= 15 is 0 Å². The maximum absolute atomic E-state index is 13.0. The molecule has 2 N–H and O–H groups in total. The molecule has 2 rings (SSSR count). The molecule has 2 unspecified atom stereocenters. The van der Waals surface area contributed by atoms with Crippen molar-refractivity contribution < 1.29 is 9.13 Å². The quantitative estimate of drug-likeness (QED) is 0.874. The average molecular weight is 338 g/mol. The summed E-state index contributed by atoms with van der Waals surface area (Å²) < 4.78 is 20.0. The van der Waals surface area contributed by atoms with Crippen LogP contribution >= 0.6 is 15.9 Å². The Hall–Kier alpha value is -1.39. The van der Waals surface area contributed by atoms with E-state index in [1.54, 1.807) is 12.1 Å². The summed E-state index contributed by atoms with van der Waals surface area (Å²) in [6.07, 6.45) is 0.486. The van der Waals surface area contributed by atoms with Crippen molar-refractivity contribution in [2.45, 2.75) is 25.5 Å². The number of hydrogen-bond donors (Lipinski definition) is 1. The van der Waals surface area contributed by atoms with Gasteiger partial charge in [-0.1, -0.05) is 35.0 Å². The van der Waals surface area contributed by atoms with E-state index in [4.69, 9.17) is 10.5 Å². The first-order valence-electron chi connectivity index (χ1n) is 6.53. The van der Waals surface area contributed by atoms with Crippen LogP contribution in [0.4, 0.5) is 4.39 Å². The van der Waals surface area contributed by atoms with Gasteiger partial charge in [-0.15, -0.1) is 0 Å². The highest BCUT2D eigenvalue weighted by Crippen LogP contribution is 2.26. The van der Waals surface area contributed by atoms with Crippen LogP contribution in [0.5, 0.6) is 5.75 Å². The van der Waals surface area contributed by atoms with Crippen LogP contribution in [0.2, 0.25) is 0 Å². The number of benzene rings is 2. The second-order valence-corrected chi connectivity index (χ2v) is 5.53. The summed E-state index contributed by atoms with van der Waals surface area (Å²) in [7, 11) is 0. The molecular weight excluding hydrogens is 321 g/mol. The molecule has 0 fully saturated rings. The zero-order chi connectivity index (χ0) is 14.5. The third kappa shape index (κ3) is 3.81. The van der Waals surface area contributed by atoms with Gasteiger partial charge in [-0.2, -0.15) is 0 Å². The Kier molecular flexibility index (Phi) is 5.15. The van der Waals surface area contributed by atoms with Gasteiger partial charge < -0.3 is 10.5 Å². The Morgan fingerprint density at radius 1 is 1.10 bits per heavy atom. The van der Waals surface area contributed by atoms with Gasteiger partial charge in [0.05, 0.1) is 0 Å². The fourth-order valence-corrected chi connectivity index (χ4v) is 2.19. The number of hydrogen-bond acceptors (Lipinski definition) is 2. The summed E-state index contributed by atoms with van der Waals surface area (Å²) in [4.78, 5) is 0. The predicted octanol–water partition coefficient (Wildman–Crippen LogP) is 4.45. The SMILES string of the molecule is CCC(N)C(Oc1ccc(Br)cc1)c1ccc(F)cc1. The minimum absolute atomic E-state index is 0.149. The summed E-state index contributed by atoms with van der Waals surface area (Å²) in [6.45, 7) is 2.01. The zero-order valence-corrected chi connectivity index (χ0v) is 12.8. The van der Waals surface area contributed by atoms with E-state index in [2.05, 4.69) is 15.9 Å².